The molecule has 1 rings (SSSR count). The van der Waals surface area contributed by atoms with Gasteiger partial charge in [0.15, 0.2) is 0 Å². The quantitative estimate of drug-likeness (QED) is 0.804. The van der Waals surface area contributed by atoms with Crippen LogP contribution in [0, 0.1) is 13.8 Å². The fourth-order valence-electron chi connectivity index (χ4n) is 1.45. The van der Waals surface area contributed by atoms with Crippen LogP contribution in [-0.2, 0) is 4.74 Å². The summed E-state index contributed by atoms with van der Waals surface area (Å²) in [6.45, 7) is 7.14. The van der Waals surface area contributed by atoms with Crippen LogP contribution in [0.4, 0.5) is 0 Å². The SMILES string of the molecule is CCOCC(O)COc1ccc(C)cc1C. The van der Waals surface area contributed by atoms with Gasteiger partial charge in [-0.2, -0.15) is 0 Å². The first-order valence-corrected chi connectivity index (χ1v) is 5.59. The number of rotatable bonds is 6. The van der Waals surface area contributed by atoms with Gasteiger partial charge in [0, 0.05) is 6.61 Å². The Bertz CT molecular complexity index is 323. The Morgan fingerprint density at radius 1 is 1.25 bits per heavy atom. The van der Waals surface area contributed by atoms with Crippen molar-refractivity contribution in [3.63, 3.8) is 0 Å². The highest BCUT2D eigenvalue weighted by atomic mass is 16.5. The van der Waals surface area contributed by atoms with Gasteiger partial charge in [-0.1, -0.05) is 17.7 Å². The molecular formula is C13H20O3. The van der Waals surface area contributed by atoms with E-state index >= 15 is 0 Å². The van der Waals surface area contributed by atoms with Gasteiger partial charge in [0.2, 0.25) is 0 Å². The fraction of sp³-hybridized carbons (Fsp3) is 0.538. The molecule has 3 heteroatoms. The van der Waals surface area contributed by atoms with Crippen molar-refractivity contribution in [1.29, 1.82) is 0 Å². The molecule has 3 nitrogen and oxygen atoms in total. The van der Waals surface area contributed by atoms with E-state index in [9.17, 15) is 5.11 Å². The standard InChI is InChI=1S/C13H20O3/c1-4-15-8-12(14)9-16-13-6-5-10(2)7-11(13)3/h5-7,12,14H,4,8-9H2,1-3H3. The first-order valence-electron chi connectivity index (χ1n) is 5.59. The van der Waals surface area contributed by atoms with Gasteiger partial charge in [-0.15, -0.1) is 0 Å². The number of ether oxygens (including phenoxy) is 2. The van der Waals surface area contributed by atoms with Crippen molar-refractivity contribution in [2.45, 2.75) is 26.9 Å². The third-order valence-electron chi connectivity index (χ3n) is 2.28. The van der Waals surface area contributed by atoms with Crippen molar-refractivity contribution in [3.8, 4) is 5.75 Å². The van der Waals surface area contributed by atoms with E-state index < -0.39 is 6.10 Å². The van der Waals surface area contributed by atoms with Crippen LogP contribution in [0.3, 0.4) is 0 Å². The zero-order chi connectivity index (χ0) is 12.0. The number of hydrogen-bond donors (Lipinski definition) is 1. The highest BCUT2D eigenvalue weighted by Crippen LogP contribution is 2.18. The largest absolute Gasteiger partial charge is 0.491 e. The number of aliphatic hydroxyl groups excluding tert-OH is 1. The second kappa shape index (κ2) is 6.51. The summed E-state index contributed by atoms with van der Waals surface area (Å²) in [5, 5.41) is 9.54. The molecule has 0 spiro atoms. The first-order chi connectivity index (χ1) is 7.63. The fourth-order valence-corrected chi connectivity index (χ4v) is 1.45. The molecular weight excluding hydrogens is 204 g/mol. The van der Waals surface area contributed by atoms with E-state index in [1.165, 1.54) is 5.56 Å². The van der Waals surface area contributed by atoms with Gasteiger partial charge < -0.3 is 14.6 Å². The monoisotopic (exact) mass is 224 g/mol. The van der Waals surface area contributed by atoms with Crippen LogP contribution in [0.15, 0.2) is 18.2 Å². The van der Waals surface area contributed by atoms with Crippen LogP contribution < -0.4 is 4.74 Å². The molecule has 1 atom stereocenters. The molecule has 0 aliphatic rings. The van der Waals surface area contributed by atoms with Gasteiger partial charge in [-0.3, -0.25) is 0 Å². The molecule has 1 N–H and O–H groups in total. The Labute approximate surface area is 97.0 Å². The summed E-state index contributed by atoms with van der Waals surface area (Å²) < 4.78 is 10.6. The van der Waals surface area contributed by atoms with Crippen molar-refractivity contribution in [2.24, 2.45) is 0 Å². The lowest BCUT2D eigenvalue weighted by molar-refractivity contribution is 0.0163. The van der Waals surface area contributed by atoms with Crippen molar-refractivity contribution in [1.82, 2.24) is 0 Å². The zero-order valence-corrected chi connectivity index (χ0v) is 10.2. The molecule has 0 fully saturated rings. The molecule has 0 heterocycles. The molecule has 1 aromatic carbocycles. The maximum absolute atomic E-state index is 9.54. The first kappa shape index (κ1) is 13.0. The van der Waals surface area contributed by atoms with Crippen LogP contribution in [0.5, 0.6) is 5.75 Å². The average Bonchev–Trinajstić information content (AvgIpc) is 2.25. The van der Waals surface area contributed by atoms with E-state index in [0.717, 1.165) is 11.3 Å². The van der Waals surface area contributed by atoms with Gasteiger partial charge >= 0.3 is 0 Å². The summed E-state index contributed by atoms with van der Waals surface area (Å²) in [6.07, 6.45) is -0.569. The lowest BCUT2D eigenvalue weighted by Gasteiger charge is -2.13. The molecule has 0 saturated carbocycles. The maximum atomic E-state index is 9.54. The predicted octanol–water partition coefficient (Wildman–Crippen LogP) is 2.08. The Balaban J connectivity index is 2.42. The Morgan fingerprint density at radius 3 is 2.62 bits per heavy atom. The van der Waals surface area contributed by atoms with Gasteiger partial charge in [-0.05, 0) is 32.4 Å². The molecule has 1 aromatic rings. The van der Waals surface area contributed by atoms with Crippen LogP contribution in [0.2, 0.25) is 0 Å². The highest BCUT2D eigenvalue weighted by molar-refractivity contribution is 5.35. The van der Waals surface area contributed by atoms with Crippen molar-refractivity contribution < 1.29 is 14.6 Å². The summed E-state index contributed by atoms with van der Waals surface area (Å²) in [4.78, 5) is 0. The third kappa shape index (κ3) is 4.21. The third-order valence-corrected chi connectivity index (χ3v) is 2.28. The summed E-state index contributed by atoms with van der Waals surface area (Å²) in [5.74, 6) is 0.821. The molecule has 1 unspecified atom stereocenters. The van der Waals surface area contributed by atoms with E-state index in [1.54, 1.807) is 0 Å². The molecule has 0 aliphatic carbocycles. The molecule has 0 aliphatic heterocycles. The molecule has 0 aromatic heterocycles. The van der Waals surface area contributed by atoms with E-state index in [-0.39, 0.29) is 6.61 Å². The van der Waals surface area contributed by atoms with Gasteiger partial charge in [-0.25, -0.2) is 0 Å². The second-order valence-corrected chi connectivity index (χ2v) is 3.89. The number of benzene rings is 1. The van der Waals surface area contributed by atoms with Crippen LogP contribution in [0.1, 0.15) is 18.1 Å². The molecule has 0 bridgehead atoms. The predicted molar refractivity (Wildman–Crippen MR) is 63.9 cm³/mol. The summed E-state index contributed by atoms with van der Waals surface area (Å²) in [7, 11) is 0. The van der Waals surface area contributed by atoms with Crippen LogP contribution in [-0.4, -0.2) is 31.0 Å². The van der Waals surface area contributed by atoms with E-state index in [1.807, 2.05) is 32.9 Å². The number of hydrogen-bond acceptors (Lipinski definition) is 3. The smallest absolute Gasteiger partial charge is 0.122 e. The van der Waals surface area contributed by atoms with Crippen LogP contribution in [0.25, 0.3) is 0 Å². The van der Waals surface area contributed by atoms with Crippen molar-refractivity contribution in [2.75, 3.05) is 19.8 Å². The Hall–Kier alpha value is -1.06. The molecule has 0 saturated heterocycles. The van der Waals surface area contributed by atoms with Crippen molar-refractivity contribution >= 4 is 0 Å². The summed E-state index contributed by atoms with van der Waals surface area (Å²) >= 11 is 0. The highest BCUT2D eigenvalue weighted by Gasteiger charge is 2.06. The van der Waals surface area contributed by atoms with Gasteiger partial charge in [0.05, 0.1) is 6.61 Å². The average molecular weight is 224 g/mol. The lowest BCUT2D eigenvalue weighted by Crippen LogP contribution is -2.23. The van der Waals surface area contributed by atoms with Gasteiger partial charge in [0.1, 0.15) is 18.5 Å². The maximum Gasteiger partial charge on any atom is 0.122 e. The van der Waals surface area contributed by atoms with Crippen LogP contribution >= 0.6 is 0 Å². The zero-order valence-electron chi connectivity index (χ0n) is 10.2. The summed E-state index contributed by atoms with van der Waals surface area (Å²) in [5.41, 5.74) is 2.29. The summed E-state index contributed by atoms with van der Waals surface area (Å²) in [6, 6.07) is 5.99. The number of aryl methyl sites for hydroxylation is 2. The molecule has 0 radical (unpaired) electrons. The normalized spacial score (nSPS) is 12.5. The molecule has 16 heavy (non-hydrogen) atoms. The topological polar surface area (TPSA) is 38.7 Å². The second-order valence-electron chi connectivity index (χ2n) is 3.89. The Kier molecular flexibility index (Phi) is 5.29. The Morgan fingerprint density at radius 2 is 2.00 bits per heavy atom. The lowest BCUT2D eigenvalue weighted by atomic mass is 10.1. The minimum absolute atomic E-state index is 0.268. The van der Waals surface area contributed by atoms with E-state index in [0.29, 0.717) is 13.2 Å². The van der Waals surface area contributed by atoms with E-state index in [4.69, 9.17) is 9.47 Å². The van der Waals surface area contributed by atoms with Gasteiger partial charge in [0.25, 0.3) is 0 Å². The number of aliphatic hydroxyl groups is 1. The molecule has 90 valence electrons. The molecule has 0 amide bonds. The van der Waals surface area contributed by atoms with E-state index in [2.05, 4.69) is 6.07 Å². The minimum atomic E-state index is -0.569. The minimum Gasteiger partial charge on any atom is -0.491 e. The van der Waals surface area contributed by atoms with Crippen molar-refractivity contribution in [3.05, 3.63) is 29.3 Å².